The van der Waals surface area contributed by atoms with Gasteiger partial charge < -0.3 is 10.4 Å². The zero-order valence-electron chi connectivity index (χ0n) is 10.5. The summed E-state index contributed by atoms with van der Waals surface area (Å²) >= 11 is 0. The topological polar surface area (TPSA) is 32.3 Å². The van der Waals surface area contributed by atoms with Crippen LogP contribution in [0.5, 0.6) is 0 Å². The van der Waals surface area contributed by atoms with Crippen molar-refractivity contribution < 1.29 is 13.9 Å². The summed E-state index contributed by atoms with van der Waals surface area (Å²) < 4.78 is 26.2. The van der Waals surface area contributed by atoms with Crippen molar-refractivity contribution in [3.63, 3.8) is 0 Å². The van der Waals surface area contributed by atoms with Gasteiger partial charge in [-0.25, -0.2) is 8.78 Å². The Morgan fingerprint density at radius 2 is 1.78 bits per heavy atom. The lowest BCUT2D eigenvalue weighted by molar-refractivity contribution is 0.0453. The Balaban J connectivity index is 1.96. The average molecular weight is 255 g/mol. The Morgan fingerprint density at radius 1 is 1.22 bits per heavy atom. The Morgan fingerprint density at radius 3 is 2.33 bits per heavy atom. The lowest BCUT2D eigenvalue weighted by Gasteiger charge is -2.25. The minimum absolute atomic E-state index is 0.181. The molecule has 0 spiro atoms. The highest BCUT2D eigenvalue weighted by Gasteiger charge is 2.31. The zero-order chi connectivity index (χ0) is 13.2. The number of nitrogens with one attached hydrogen (secondary N) is 1. The Hall–Kier alpha value is -1.00. The van der Waals surface area contributed by atoms with Crippen molar-refractivity contribution in [1.29, 1.82) is 0 Å². The second-order valence-electron chi connectivity index (χ2n) is 5.24. The van der Waals surface area contributed by atoms with Gasteiger partial charge in [0.25, 0.3) is 0 Å². The van der Waals surface area contributed by atoms with Gasteiger partial charge in [-0.2, -0.15) is 0 Å². The molecule has 0 aromatic heterocycles. The van der Waals surface area contributed by atoms with E-state index in [0.29, 0.717) is 12.1 Å². The zero-order valence-corrected chi connectivity index (χ0v) is 10.5. The molecule has 1 aromatic carbocycles. The standard InChI is InChI=1S/C14H19F2NO/c1-10(11-6-12(15)8-13(16)7-11)17-9-14(18)4-2-3-5-14/h6-8,10,17-18H,2-5,9H2,1H3. The van der Waals surface area contributed by atoms with Crippen molar-refractivity contribution in [2.75, 3.05) is 6.54 Å². The monoisotopic (exact) mass is 255 g/mol. The van der Waals surface area contributed by atoms with Crippen LogP contribution in [0.15, 0.2) is 18.2 Å². The van der Waals surface area contributed by atoms with Crippen molar-refractivity contribution >= 4 is 0 Å². The molecule has 0 radical (unpaired) electrons. The maximum absolute atomic E-state index is 13.1. The third kappa shape index (κ3) is 3.27. The van der Waals surface area contributed by atoms with Crippen LogP contribution in [0.25, 0.3) is 0 Å². The predicted octanol–water partition coefficient (Wildman–Crippen LogP) is 2.92. The third-order valence-electron chi connectivity index (χ3n) is 3.66. The molecule has 0 heterocycles. The minimum atomic E-state index is -0.653. The lowest BCUT2D eigenvalue weighted by Crippen LogP contribution is -2.39. The summed E-state index contributed by atoms with van der Waals surface area (Å²) in [7, 11) is 0. The predicted molar refractivity (Wildman–Crippen MR) is 66.2 cm³/mol. The molecule has 2 rings (SSSR count). The maximum atomic E-state index is 13.1. The van der Waals surface area contributed by atoms with Gasteiger partial charge >= 0.3 is 0 Å². The SMILES string of the molecule is CC(NCC1(O)CCCC1)c1cc(F)cc(F)c1. The molecule has 1 saturated carbocycles. The molecule has 2 N–H and O–H groups in total. The maximum Gasteiger partial charge on any atom is 0.126 e. The molecular formula is C14H19F2NO. The van der Waals surface area contributed by atoms with E-state index in [1.165, 1.54) is 12.1 Å². The van der Waals surface area contributed by atoms with Gasteiger partial charge in [0.05, 0.1) is 5.60 Å². The van der Waals surface area contributed by atoms with E-state index in [2.05, 4.69) is 5.32 Å². The largest absolute Gasteiger partial charge is 0.389 e. The number of aliphatic hydroxyl groups is 1. The molecule has 2 nitrogen and oxygen atoms in total. The molecule has 18 heavy (non-hydrogen) atoms. The van der Waals surface area contributed by atoms with Crippen LogP contribution in [0.1, 0.15) is 44.2 Å². The second-order valence-corrected chi connectivity index (χ2v) is 5.24. The molecule has 0 aliphatic heterocycles. The van der Waals surface area contributed by atoms with Crippen molar-refractivity contribution in [3.8, 4) is 0 Å². The molecule has 1 aliphatic carbocycles. The number of hydrogen-bond acceptors (Lipinski definition) is 2. The summed E-state index contributed by atoms with van der Waals surface area (Å²) in [6.07, 6.45) is 3.68. The van der Waals surface area contributed by atoms with Crippen LogP contribution in [0, 0.1) is 11.6 Å². The number of rotatable bonds is 4. The Kier molecular flexibility index (Phi) is 3.97. The lowest BCUT2D eigenvalue weighted by atomic mass is 10.0. The van der Waals surface area contributed by atoms with E-state index in [0.717, 1.165) is 31.7 Å². The molecular weight excluding hydrogens is 236 g/mol. The summed E-state index contributed by atoms with van der Waals surface area (Å²) in [6, 6.07) is 3.32. The fourth-order valence-electron chi connectivity index (χ4n) is 2.50. The number of hydrogen-bond donors (Lipinski definition) is 2. The van der Waals surface area contributed by atoms with E-state index in [-0.39, 0.29) is 6.04 Å². The summed E-state index contributed by atoms with van der Waals surface area (Å²) in [5.41, 5.74) is -0.0887. The molecule has 1 aliphatic rings. The first kappa shape index (κ1) is 13.4. The highest BCUT2D eigenvalue weighted by Crippen LogP contribution is 2.29. The Labute approximate surface area is 106 Å². The van der Waals surface area contributed by atoms with E-state index in [1.54, 1.807) is 0 Å². The van der Waals surface area contributed by atoms with Crippen LogP contribution in [0.2, 0.25) is 0 Å². The highest BCUT2D eigenvalue weighted by atomic mass is 19.1. The molecule has 1 fully saturated rings. The van der Waals surface area contributed by atoms with E-state index in [4.69, 9.17) is 0 Å². The van der Waals surface area contributed by atoms with Gasteiger partial charge in [0.1, 0.15) is 11.6 Å². The van der Waals surface area contributed by atoms with Crippen molar-refractivity contribution in [3.05, 3.63) is 35.4 Å². The van der Waals surface area contributed by atoms with Gasteiger partial charge in [0, 0.05) is 18.7 Å². The summed E-state index contributed by atoms with van der Waals surface area (Å²) in [4.78, 5) is 0. The fraction of sp³-hybridized carbons (Fsp3) is 0.571. The van der Waals surface area contributed by atoms with Crippen LogP contribution >= 0.6 is 0 Å². The molecule has 0 bridgehead atoms. The fourth-order valence-corrected chi connectivity index (χ4v) is 2.50. The smallest absolute Gasteiger partial charge is 0.126 e. The van der Waals surface area contributed by atoms with Crippen molar-refractivity contribution in [2.45, 2.75) is 44.2 Å². The van der Waals surface area contributed by atoms with E-state index >= 15 is 0 Å². The molecule has 0 saturated heterocycles. The summed E-state index contributed by atoms with van der Waals surface area (Å²) in [5.74, 6) is -1.14. The molecule has 4 heteroatoms. The van der Waals surface area contributed by atoms with Gasteiger partial charge in [-0.05, 0) is 37.5 Å². The quantitative estimate of drug-likeness (QED) is 0.867. The minimum Gasteiger partial charge on any atom is -0.389 e. The highest BCUT2D eigenvalue weighted by molar-refractivity contribution is 5.21. The van der Waals surface area contributed by atoms with E-state index < -0.39 is 17.2 Å². The van der Waals surface area contributed by atoms with Crippen LogP contribution in [-0.2, 0) is 0 Å². The first-order chi connectivity index (χ1) is 8.48. The molecule has 1 atom stereocenters. The second kappa shape index (κ2) is 5.33. The molecule has 1 unspecified atom stereocenters. The first-order valence-corrected chi connectivity index (χ1v) is 6.40. The number of halogens is 2. The van der Waals surface area contributed by atoms with Crippen molar-refractivity contribution in [2.24, 2.45) is 0 Å². The van der Waals surface area contributed by atoms with Gasteiger partial charge in [-0.15, -0.1) is 0 Å². The molecule has 100 valence electrons. The van der Waals surface area contributed by atoms with Crippen LogP contribution < -0.4 is 5.32 Å². The van der Waals surface area contributed by atoms with Crippen molar-refractivity contribution in [1.82, 2.24) is 5.32 Å². The van der Waals surface area contributed by atoms with Crippen LogP contribution in [0.4, 0.5) is 8.78 Å². The first-order valence-electron chi connectivity index (χ1n) is 6.40. The normalized spacial score (nSPS) is 20.0. The summed E-state index contributed by atoms with van der Waals surface area (Å²) in [6.45, 7) is 2.30. The van der Waals surface area contributed by atoms with E-state index in [9.17, 15) is 13.9 Å². The third-order valence-corrected chi connectivity index (χ3v) is 3.66. The van der Waals surface area contributed by atoms with Gasteiger partial charge in [0.15, 0.2) is 0 Å². The van der Waals surface area contributed by atoms with Gasteiger partial charge in [-0.1, -0.05) is 12.8 Å². The number of benzene rings is 1. The van der Waals surface area contributed by atoms with Gasteiger partial charge in [0.2, 0.25) is 0 Å². The molecule has 0 amide bonds. The van der Waals surface area contributed by atoms with Crippen LogP contribution in [0.3, 0.4) is 0 Å². The summed E-state index contributed by atoms with van der Waals surface area (Å²) in [5, 5.41) is 13.3. The van der Waals surface area contributed by atoms with E-state index in [1.807, 2.05) is 6.92 Å². The Bertz CT molecular complexity index is 396. The van der Waals surface area contributed by atoms with Crippen LogP contribution in [-0.4, -0.2) is 17.3 Å². The average Bonchev–Trinajstić information content (AvgIpc) is 2.72. The molecule has 1 aromatic rings. The van der Waals surface area contributed by atoms with Gasteiger partial charge in [-0.3, -0.25) is 0 Å².